The fraction of sp³-hybridized carbons (Fsp3) is 0.579. The number of hydrogen-bond acceptors (Lipinski definition) is 4. The summed E-state index contributed by atoms with van der Waals surface area (Å²) in [6, 6.07) is 7.69. The second-order valence-electron chi connectivity index (χ2n) is 6.85. The molecule has 1 amide bonds. The Labute approximate surface area is 152 Å². The zero-order chi connectivity index (χ0) is 17.7. The first-order valence-electron chi connectivity index (χ1n) is 8.95. The molecule has 1 aliphatic heterocycles. The van der Waals surface area contributed by atoms with E-state index in [1.54, 1.807) is 11.8 Å². The summed E-state index contributed by atoms with van der Waals surface area (Å²) in [6.45, 7) is 0.338. The quantitative estimate of drug-likeness (QED) is 0.759. The predicted molar refractivity (Wildman–Crippen MR) is 97.8 cm³/mol. The average molecular weight is 363 g/mol. The van der Waals surface area contributed by atoms with Crippen LogP contribution in [-0.4, -0.2) is 34.6 Å². The monoisotopic (exact) mass is 363 g/mol. The van der Waals surface area contributed by atoms with Gasteiger partial charge in [-0.05, 0) is 67.7 Å². The van der Waals surface area contributed by atoms with Gasteiger partial charge >= 0.3 is 5.97 Å². The lowest BCUT2D eigenvalue weighted by Gasteiger charge is -2.31. The van der Waals surface area contributed by atoms with Gasteiger partial charge in [-0.2, -0.15) is 11.8 Å². The van der Waals surface area contributed by atoms with Gasteiger partial charge in [-0.3, -0.25) is 9.59 Å². The number of ether oxygens (including phenoxy) is 1. The van der Waals surface area contributed by atoms with Crippen molar-refractivity contribution in [3.05, 3.63) is 29.8 Å². The molecule has 3 rings (SSSR count). The van der Waals surface area contributed by atoms with Gasteiger partial charge in [0.05, 0.1) is 6.10 Å². The van der Waals surface area contributed by atoms with E-state index in [9.17, 15) is 14.7 Å². The highest BCUT2D eigenvalue weighted by Gasteiger charge is 2.46. The van der Waals surface area contributed by atoms with Gasteiger partial charge in [-0.25, -0.2) is 0 Å². The van der Waals surface area contributed by atoms with E-state index < -0.39 is 11.4 Å². The Morgan fingerprint density at radius 3 is 2.40 bits per heavy atom. The van der Waals surface area contributed by atoms with Crippen molar-refractivity contribution in [2.24, 2.45) is 5.41 Å². The van der Waals surface area contributed by atoms with E-state index in [1.165, 1.54) is 12.8 Å². The second-order valence-corrected chi connectivity index (χ2v) is 8.08. The molecule has 0 spiro atoms. The van der Waals surface area contributed by atoms with Crippen molar-refractivity contribution in [3.8, 4) is 5.75 Å². The molecule has 6 heteroatoms. The van der Waals surface area contributed by atoms with Crippen LogP contribution in [0.2, 0.25) is 0 Å². The Balaban J connectivity index is 1.55. The maximum Gasteiger partial charge on any atom is 0.319 e. The van der Waals surface area contributed by atoms with Gasteiger partial charge in [-0.15, -0.1) is 0 Å². The lowest BCUT2D eigenvalue weighted by Crippen LogP contribution is -2.48. The molecule has 2 N–H and O–H groups in total. The number of carbonyl (C=O) groups excluding carboxylic acids is 1. The molecule has 1 saturated heterocycles. The number of aliphatic carboxylic acids is 1. The van der Waals surface area contributed by atoms with Gasteiger partial charge in [0.15, 0.2) is 0 Å². The summed E-state index contributed by atoms with van der Waals surface area (Å²) in [5.74, 6) is 0.908. The predicted octanol–water partition coefficient (Wildman–Crippen LogP) is 3.22. The topological polar surface area (TPSA) is 75.6 Å². The summed E-state index contributed by atoms with van der Waals surface area (Å²) in [5.41, 5.74) is -0.325. The van der Waals surface area contributed by atoms with E-state index in [-0.39, 0.29) is 5.91 Å². The maximum atomic E-state index is 12.5. The number of carboxylic acid groups (broad SMARTS) is 1. The fourth-order valence-electron chi connectivity index (χ4n) is 3.49. The van der Waals surface area contributed by atoms with Crippen LogP contribution in [0, 0.1) is 5.41 Å². The summed E-state index contributed by atoms with van der Waals surface area (Å²) in [4.78, 5) is 24.2. The van der Waals surface area contributed by atoms with E-state index in [0.717, 1.165) is 24.2 Å². The molecule has 0 radical (unpaired) electrons. The number of nitrogens with one attached hydrogen (secondary N) is 1. The van der Waals surface area contributed by atoms with Crippen LogP contribution in [0.3, 0.4) is 0 Å². The number of benzene rings is 1. The Morgan fingerprint density at radius 1 is 1.16 bits per heavy atom. The third-order valence-electron chi connectivity index (χ3n) is 5.17. The average Bonchev–Trinajstić information content (AvgIpc) is 3.14. The Hall–Kier alpha value is -1.69. The molecule has 0 unspecified atom stereocenters. The molecule has 1 aromatic carbocycles. The molecular weight excluding hydrogens is 338 g/mol. The largest absolute Gasteiger partial charge is 0.490 e. The number of carbonyl (C=O) groups is 2. The SMILES string of the molecule is O=C(O)C1(C(=O)NCc2ccc(OC3CCCC3)cc2)CCSCC1. The zero-order valence-corrected chi connectivity index (χ0v) is 15.1. The Bertz CT molecular complexity index is 604. The molecule has 1 heterocycles. The van der Waals surface area contributed by atoms with Crippen molar-refractivity contribution >= 4 is 23.6 Å². The van der Waals surface area contributed by atoms with E-state index >= 15 is 0 Å². The molecule has 1 saturated carbocycles. The van der Waals surface area contributed by atoms with Crippen LogP contribution < -0.4 is 10.1 Å². The van der Waals surface area contributed by atoms with E-state index in [2.05, 4.69) is 5.32 Å². The highest BCUT2D eigenvalue weighted by molar-refractivity contribution is 7.99. The molecule has 136 valence electrons. The summed E-state index contributed by atoms with van der Waals surface area (Å²) >= 11 is 1.70. The Morgan fingerprint density at radius 2 is 1.80 bits per heavy atom. The molecule has 1 aliphatic carbocycles. The van der Waals surface area contributed by atoms with Gasteiger partial charge in [0.1, 0.15) is 11.2 Å². The third-order valence-corrected chi connectivity index (χ3v) is 6.16. The van der Waals surface area contributed by atoms with Crippen molar-refractivity contribution in [1.29, 1.82) is 0 Å². The highest BCUT2D eigenvalue weighted by Crippen LogP contribution is 2.35. The van der Waals surface area contributed by atoms with Gasteiger partial charge in [0.25, 0.3) is 0 Å². The van der Waals surface area contributed by atoms with Crippen LogP contribution in [-0.2, 0) is 16.1 Å². The van der Waals surface area contributed by atoms with Crippen molar-refractivity contribution in [3.63, 3.8) is 0 Å². The number of hydrogen-bond donors (Lipinski definition) is 2. The lowest BCUT2D eigenvalue weighted by molar-refractivity contribution is -0.156. The van der Waals surface area contributed by atoms with E-state index in [0.29, 0.717) is 37.0 Å². The van der Waals surface area contributed by atoms with Crippen LogP contribution in [0.1, 0.15) is 44.1 Å². The van der Waals surface area contributed by atoms with Crippen molar-refractivity contribution < 1.29 is 19.4 Å². The van der Waals surface area contributed by atoms with Gasteiger partial charge in [0, 0.05) is 6.54 Å². The molecule has 0 atom stereocenters. The second kappa shape index (κ2) is 8.13. The minimum absolute atomic E-state index is 0.324. The molecule has 2 fully saturated rings. The summed E-state index contributed by atoms with van der Waals surface area (Å²) in [7, 11) is 0. The first-order valence-corrected chi connectivity index (χ1v) is 10.1. The van der Waals surface area contributed by atoms with Gasteiger partial charge < -0.3 is 15.2 Å². The van der Waals surface area contributed by atoms with Crippen LogP contribution >= 0.6 is 11.8 Å². The first-order chi connectivity index (χ1) is 12.1. The van der Waals surface area contributed by atoms with Gasteiger partial charge in [0.2, 0.25) is 5.91 Å². The third kappa shape index (κ3) is 4.29. The number of rotatable bonds is 6. The molecule has 0 bridgehead atoms. The van der Waals surface area contributed by atoms with Crippen molar-refractivity contribution in [1.82, 2.24) is 5.32 Å². The minimum Gasteiger partial charge on any atom is -0.490 e. The van der Waals surface area contributed by atoms with Crippen molar-refractivity contribution in [2.45, 2.75) is 51.2 Å². The van der Waals surface area contributed by atoms with Crippen LogP contribution in [0.15, 0.2) is 24.3 Å². The molecule has 2 aliphatic rings. The van der Waals surface area contributed by atoms with Crippen molar-refractivity contribution in [2.75, 3.05) is 11.5 Å². The standard InChI is InChI=1S/C19H25NO4S/c21-17(19(18(22)23)9-11-25-12-10-19)20-13-14-5-7-16(8-6-14)24-15-3-1-2-4-15/h5-8,15H,1-4,9-13H2,(H,20,21)(H,22,23). The van der Waals surface area contributed by atoms with Crippen LogP contribution in [0.25, 0.3) is 0 Å². The lowest BCUT2D eigenvalue weighted by atomic mass is 9.81. The molecule has 1 aromatic rings. The van der Waals surface area contributed by atoms with E-state index in [1.807, 2.05) is 24.3 Å². The first kappa shape index (κ1) is 18.1. The minimum atomic E-state index is -1.27. The maximum absolute atomic E-state index is 12.5. The number of thioether (sulfide) groups is 1. The molecule has 25 heavy (non-hydrogen) atoms. The summed E-state index contributed by atoms with van der Waals surface area (Å²) < 4.78 is 5.93. The molecular formula is C19H25NO4S. The smallest absolute Gasteiger partial charge is 0.319 e. The number of carboxylic acids is 1. The van der Waals surface area contributed by atoms with Crippen LogP contribution in [0.4, 0.5) is 0 Å². The Kier molecular flexibility index (Phi) is 5.89. The normalized spacial score (nSPS) is 20.2. The van der Waals surface area contributed by atoms with E-state index in [4.69, 9.17) is 4.74 Å². The molecule has 0 aromatic heterocycles. The summed E-state index contributed by atoms with van der Waals surface area (Å²) in [6.07, 6.45) is 5.82. The van der Waals surface area contributed by atoms with Gasteiger partial charge in [-0.1, -0.05) is 12.1 Å². The zero-order valence-electron chi connectivity index (χ0n) is 14.3. The summed E-state index contributed by atoms with van der Waals surface area (Å²) in [5, 5.41) is 12.4. The highest BCUT2D eigenvalue weighted by atomic mass is 32.2. The van der Waals surface area contributed by atoms with Crippen LogP contribution in [0.5, 0.6) is 5.75 Å². The number of amides is 1. The fourth-order valence-corrected chi connectivity index (χ4v) is 4.68. The molecule has 5 nitrogen and oxygen atoms in total.